The standard InChI is InChI=1S/C21H26N6O.HI/c1-3-22-20(24-15-21(2,28)17-10-6-4-7-11-17)23-14-19-26-25-16-27(19)18-12-8-5-9-13-18;/h4-13,16,28H,3,14-15H2,1-2H3,(H2,22,23,24);1H. The van der Waals surface area contributed by atoms with Crippen molar-refractivity contribution in [3.63, 3.8) is 0 Å². The Bertz CT molecular complexity index is 896. The number of guanidine groups is 1. The fourth-order valence-electron chi connectivity index (χ4n) is 2.82. The van der Waals surface area contributed by atoms with E-state index in [2.05, 4.69) is 25.8 Å². The van der Waals surface area contributed by atoms with Crippen molar-refractivity contribution in [1.29, 1.82) is 0 Å². The summed E-state index contributed by atoms with van der Waals surface area (Å²) >= 11 is 0. The highest BCUT2D eigenvalue weighted by molar-refractivity contribution is 14.0. The first-order valence-corrected chi connectivity index (χ1v) is 9.34. The van der Waals surface area contributed by atoms with Crippen LogP contribution < -0.4 is 10.6 Å². The van der Waals surface area contributed by atoms with Crippen LogP contribution >= 0.6 is 24.0 Å². The Morgan fingerprint density at radius 1 is 1.07 bits per heavy atom. The van der Waals surface area contributed by atoms with Crippen LogP contribution in [0.2, 0.25) is 0 Å². The third-order valence-electron chi connectivity index (χ3n) is 4.37. The maximum atomic E-state index is 10.8. The second kappa shape index (κ2) is 10.9. The van der Waals surface area contributed by atoms with E-state index in [1.807, 2.05) is 72.2 Å². The Balaban J connectivity index is 0.00000300. The Labute approximate surface area is 188 Å². The second-order valence-corrected chi connectivity index (χ2v) is 6.64. The molecule has 3 N–H and O–H groups in total. The number of para-hydroxylation sites is 1. The highest BCUT2D eigenvalue weighted by atomic mass is 127. The summed E-state index contributed by atoms with van der Waals surface area (Å²) in [6, 6.07) is 19.5. The molecule has 0 spiro atoms. The average molecular weight is 506 g/mol. The van der Waals surface area contributed by atoms with Gasteiger partial charge >= 0.3 is 0 Å². The van der Waals surface area contributed by atoms with Crippen LogP contribution in [0, 0.1) is 0 Å². The molecule has 1 unspecified atom stereocenters. The molecule has 0 aliphatic rings. The lowest BCUT2D eigenvalue weighted by molar-refractivity contribution is 0.0617. The predicted octanol–water partition coefficient (Wildman–Crippen LogP) is 2.85. The van der Waals surface area contributed by atoms with Gasteiger partial charge in [0, 0.05) is 12.2 Å². The zero-order chi connectivity index (χ0) is 19.8. The maximum Gasteiger partial charge on any atom is 0.191 e. The molecule has 8 heteroatoms. The fraction of sp³-hybridized carbons (Fsp3) is 0.286. The molecule has 0 fully saturated rings. The van der Waals surface area contributed by atoms with Crippen molar-refractivity contribution in [2.75, 3.05) is 13.1 Å². The van der Waals surface area contributed by atoms with E-state index in [1.165, 1.54) is 0 Å². The van der Waals surface area contributed by atoms with Gasteiger partial charge in [0.2, 0.25) is 0 Å². The number of benzene rings is 2. The number of aliphatic hydroxyl groups is 1. The van der Waals surface area contributed by atoms with Gasteiger partial charge in [-0.2, -0.15) is 0 Å². The van der Waals surface area contributed by atoms with Crippen molar-refractivity contribution in [1.82, 2.24) is 25.4 Å². The van der Waals surface area contributed by atoms with Gasteiger partial charge in [-0.1, -0.05) is 48.5 Å². The minimum Gasteiger partial charge on any atom is -0.384 e. The molecule has 1 atom stereocenters. The first kappa shape index (κ1) is 22.8. The number of hydrogen-bond donors (Lipinski definition) is 3. The summed E-state index contributed by atoms with van der Waals surface area (Å²) in [6.07, 6.45) is 1.68. The van der Waals surface area contributed by atoms with Gasteiger partial charge in [0.15, 0.2) is 11.8 Å². The molecule has 0 saturated heterocycles. The molecule has 1 heterocycles. The van der Waals surface area contributed by atoms with E-state index in [9.17, 15) is 5.11 Å². The van der Waals surface area contributed by atoms with Crippen LogP contribution in [0.4, 0.5) is 0 Å². The molecule has 29 heavy (non-hydrogen) atoms. The van der Waals surface area contributed by atoms with Crippen molar-refractivity contribution < 1.29 is 5.11 Å². The molecular weight excluding hydrogens is 479 g/mol. The van der Waals surface area contributed by atoms with Crippen molar-refractivity contribution >= 4 is 29.9 Å². The normalized spacial score (nSPS) is 13.3. The van der Waals surface area contributed by atoms with Crippen LogP contribution in [-0.2, 0) is 12.1 Å². The van der Waals surface area contributed by atoms with Gasteiger partial charge in [0.25, 0.3) is 0 Å². The molecule has 3 rings (SSSR count). The summed E-state index contributed by atoms with van der Waals surface area (Å²) in [6.45, 7) is 5.18. The molecular formula is C21H27IN6O. The van der Waals surface area contributed by atoms with E-state index in [1.54, 1.807) is 13.3 Å². The second-order valence-electron chi connectivity index (χ2n) is 6.64. The molecule has 3 aromatic rings. The van der Waals surface area contributed by atoms with Crippen LogP contribution in [0.25, 0.3) is 5.69 Å². The molecule has 0 aliphatic heterocycles. The van der Waals surface area contributed by atoms with E-state index in [4.69, 9.17) is 0 Å². The minimum atomic E-state index is -1.01. The van der Waals surface area contributed by atoms with Crippen molar-refractivity contribution in [3.8, 4) is 5.69 Å². The number of nitrogens with one attached hydrogen (secondary N) is 2. The van der Waals surface area contributed by atoms with Crippen molar-refractivity contribution in [2.24, 2.45) is 4.99 Å². The van der Waals surface area contributed by atoms with Crippen LogP contribution in [0.15, 0.2) is 72.0 Å². The minimum absolute atomic E-state index is 0. The fourth-order valence-corrected chi connectivity index (χ4v) is 2.82. The van der Waals surface area contributed by atoms with E-state index in [-0.39, 0.29) is 24.0 Å². The highest BCUT2D eigenvalue weighted by Gasteiger charge is 2.23. The molecule has 154 valence electrons. The third-order valence-corrected chi connectivity index (χ3v) is 4.37. The van der Waals surface area contributed by atoms with E-state index < -0.39 is 5.60 Å². The smallest absolute Gasteiger partial charge is 0.191 e. The number of nitrogens with zero attached hydrogens (tertiary/aromatic N) is 4. The van der Waals surface area contributed by atoms with Gasteiger partial charge in [-0.3, -0.25) is 4.57 Å². The molecule has 0 aliphatic carbocycles. The summed E-state index contributed by atoms with van der Waals surface area (Å²) in [5.74, 6) is 1.35. The van der Waals surface area contributed by atoms with Gasteiger partial charge < -0.3 is 15.7 Å². The molecule has 7 nitrogen and oxygen atoms in total. The highest BCUT2D eigenvalue weighted by Crippen LogP contribution is 2.18. The molecule has 0 bridgehead atoms. The van der Waals surface area contributed by atoms with Crippen LogP contribution in [-0.4, -0.2) is 38.9 Å². The number of aliphatic imine (C=N–C) groups is 1. The largest absolute Gasteiger partial charge is 0.384 e. The lowest BCUT2D eigenvalue weighted by atomic mass is 9.96. The number of halogens is 1. The van der Waals surface area contributed by atoms with Crippen LogP contribution in [0.1, 0.15) is 25.2 Å². The van der Waals surface area contributed by atoms with Gasteiger partial charge in [-0.05, 0) is 31.5 Å². The Morgan fingerprint density at radius 2 is 1.72 bits per heavy atom. The van der Waals surface area contributed by atoms with Gasteiger partial charge in [0.05, 0.1) is 6.54 Å². The first-order chi connectivity index (χ1) is 13.6. The summed E-state index contributed by atoms with van der Waals surface area (Å²) in [5, 5.41) is 25.4. The SMILES string of the molecule is CCNC(=NCc1nncn1-c1ccccc1)NCC(C)(O)c1ccccc1.I. The number of aromatic nitrogens is 3. The summed E-state index contributed by atoms with van der Waals surface area (Å²) in [4.78, 5) is 4.60. The van der Waals surface area contributed by atoms with Gasteiger partial charge in [-0.15, -0.1) is 34.2 Å². The molecule has 1 aromatic heterocycles. The zero-order valence-electron chi connectivity index (χ0n) is 16.6. The molecule has 2 aromatic carbocycles. The first-order valence-electron chi connectivity index (χ1n) is 9.34. The molecule has 0 radical (unpaired) electrons. The summed E-state index contributed by atoms with van der Waals surface area (Å²) in [5.41, 5.74) is 0.825. The Kier molecular flexibility index (Phi) is 8.59. The van der Waals surface area contributed by atoms with Crippen molar-refractivity contribution in [3.05, 3.63) is 78.4 Å². The van der Waals surface area contributed by atoms with Crippen LogP contribution in [0.5, 0.6) is 0 Å². The van der Waals surface area contributed by atoms with Crippen LogP contribution in [0.3, 0.4) is 0 Å². The predicted molar refractivity (Wildman–Crippen MR) is 126 cm³/mol. The third kappa shape index (κ3) is 6.26. The van der Waals surface area contributed by atoms with Gasteiger partial charge in [-0.25, -0.2) is 4.99 Å². The van der Waals surface area contributed by atoms with E-state index >= 15 is 0 Å². The average Bonchev–Trinajstić information content (AvgIpc) is 3.20. The quantitative estimate of drug-likeness (QED) is 0.261. The number of rotatable bonds is 7. The summed E-state index contributed by atoms with van der Waals surface area (Å²) in [7, 11) is 0. The monoisotopic (exact) mass is 506 g/mol. The number of hydrogen-bond acceptors (Lipinski definition) is 4. The molecule has 0 amide bonds. The summed E-state index contributed by atoms with van der Waals surface area (Å²) < 4.78 is 1.91. The maximum absolute atomic E-state index is 10.8. The van der Waals surface area contributed by atoms with E-state index in [0.29, 0.717) is 25.6 Å². The Morgan fingerprint density at radius 3 is 2.38 bits per heavy atom. The lowest BCUT2D eigenvalue weighted by Crippen LogP contribution is -2.44. The van der Waals surface area contributed by atoms with Gasteiger partial charge in [0.1, 0.15) is 18.5 Å². The topological polar surface area (TPSA) is 87.4 Å². The zero-order valence-corrected chi connectivity index (χ0v) is 18.9. The Hall–Kier alpha value is -2.46. The molecule has 0 saturated carbocycles. The lowest BCUT2D eigenvalue weighted by Gasteiger charge is -2.25. The van der Waals surface area contributed by atoms with E-state index in [0.717, 1.165) is 17.1 Å². The van der Waals surface area contributed by atoms with Crippen molar-refractivity contribution in [2.45, 2.75) is 26.0 Å².